The minimum absolute atomic E-state index is 0.0185. The summed E-state index contributed by atoms with van der Waals surface area (Å²) in [7, 11) is 0. The van der Waals surface area contributed by atoms with Crippen molar-refractivity contribution in [3.8, 4) is 11.3 Å². The molecule has 0 radical (unpaired) electrons. The van der Waals surface area contributed by atoms with E-state index in [0.29, 0.717) is 28.3 Å². The van der Waals surface area contributed by atoms with Crippen LogP contribution in [0.2, 0.25) is 5.02 Å². The molecule has 8 heteroatoms. The first kappa shape index (κ1) is 20.4. The molecular formula is C22H20ClN3O3S. The summed E-state index contributed by atoms with van der Waals surface area (Å²) in [4.78, 5) is 18.5. The van der Waals surface area contributed by atoms with E-state index in [-0.39, 0.29) is 24.6 Å². The molecule has 1 aliphatic rings. The average Bonchev–Trinajstić information content (AvgIpc) is 3.35. The minimum atomic E-state index is -0.349. The lowest BCUT2D eigenvalue weighted by Gasteiger charge is -2.25. The number of pyridine rings is 1. The maximum absolute atomic E-state index is 12.2. The van der Waals surface area contributed by atoms with E-state index in [1.54, 1.807) is 18.0 Å². The number of halogens is 1. The molecule has 0 saturated carbocycles. The molecule has 1 saturated heterocycles. The first-order valence-corrected chi connectivity index (χ1v) is 10.3. The Labute approximate surface area is 184 Å². The Bertz CT molecular complexity index is 1040. The first-order chi connectivity index (χ1) is 14.6. The van der Waals surface area contributed by atoms with Gasteiger partial charge in [-0.15, -0.1) is 0 Å². The molecule has 3 aromatic rings. The van der Waals surface area contributed by atoms with Gasteiger partial charge in [-0.1, -0.05) is 17.7 Å². The van der Waals surface area contributed by atoms with Crippen LogP contribution in [-0.2, 0) is 9.53 Å². The van der Waals surface area contributed by atoms with E-state index in [1.165, 1.54) is 0 Å². The topological polar surface area (TPSA) is 67.6 Å². The van der Waals surface area contributed by atoms with Crippen molar-refractivity contribution < 1.29 is 13.9 Å². The van der Waals surface area contributed by atoms with Crippen LogP contribution in [0.5, 0.6) is 0 Å². The van der Waals surface area contributed by atoms with Crippen molar-refractivity contribution in [3.05, 3.63) is 77.3 Å². The molecule has 0 aliphatic carbocycles. The fraction of sp³-hybridized carbons (Fsp3) is 0.227. The molecule has 0 unspecified atom stereocenters. The molecule has 1 N–H and O–H groups in total. The number of carbonyl (C=O) groups is 1. The molecule has 30 heavy (non-hydrogen) atoms. The Morgan fingerprint density at radius 3 is 2.73 bits per heavy atom. The molecule has 4 rings (SSSR count). The molecule has 1 aliphatic heterocycles. The first-order valence-electron chi connectivity index (χ1n) is 9.56. The van der Waals surface area contributed by atoms with Crippen LogP contribution in [0.15, 0.2) is 65.2 Å². The smallest absolute Gasteiger partial charge is 0.325 e. The summed E-state index contributed by atoms with van der Waals surface area (Å²) in [6, 6.07) is 16.3. The van der Waals surface area contributed by atoms with E-state index in [1.807, 2.05) is 54.6 Å². The van der Waals surface area contributed by atoms with E-state index in [9.17, 15) is 4.79 Å². The van der Waals surface area contributed by atoms with Gasteiger partial charge in [-0.05, 0) is 67.7 Å². The zero-order valence-corrected chi connectivity index (χ0v) is 17.8. The largest absolute Gasteiger partial charge is 0.465 e. The third-order valence-corrected chi connectivity index (χ3v) is 5.45. The predicted octanol–water partition coefficient (Wildman–Crippen LogP) is 4.53. The standard InChI is InChI=1S/C22H20ClN3O3S/c1-2-28-19(27)13-26-21(20(25-22(26)30)16-5-3-4-12-24-16)18-11-10-17(29-18)14-6-8-15(23)9-7-14/h3-12,20-21H,2,13H2,1H3,(H,25,30)/t20-,21+/m0/s1. The van der Waals surface area contributed by atoms with Crippen LogP contribution in [0.4, 0.5) is 0 Å². The van der Waals surface area contributed by atoms with Crippen LogP contribution in [-0.4, -0.2) is 34.1 Å². The quantitative estimate of drug-likeness (QED) is 0.445. The summed E-state index contributed by atoms with van der Waals surface area (Å²) >= 11 is 11.5. The van der Waals surface area contributed by atoms with Gasteiger partial charge in [0.15, 0.2) is 5.11 Å². The van der Waals surface area contributed by atoms with Crippen molar-refractivity contribution in [1.29, 1.82) is 0 Å². The number of rotatable bonds is 6. The lowest BCUT2D eigenvalue weighted by molar-refractivity contribution is -0.143. The van der Waals surface area contributed by atoms with Gasteiger partial charge in [0, 0.05) is 16.8 Å². The summed E-state index contributed by atoms with van der Waals surface area (Å²) < 4.78 is 11.3. The molecule has 3 heterocycles. The molecular weight excluding hydrogens is 422 g/mol. The van der Waals surface area contributed by atoms with Crippen molar-refractivity contribution >= 4 is 34.9 Å². The second-order valence-corrected chi connectivity index (χ2v) is 7.59. The zero-order valence-electron chi connectivity index (χ0n) is 16.2. The number of nitrogens with one attached hydrogen (secondary N) is 1. The van der Waals surface area contributed by atoms with Crippen LogP contribution >= 0.6 is 23.8 Å². The molecule has 0 spiro atoms. The Balaban J connectivity index is 1.70. The Kier molecular flexibility index (Phi) is 6.01. The summed E-state index contributed by atoms with van der Waals surface area (Å²) in [5, 5.41) is 4.39. The zero-order chi connectivity index (χ0) is 21.1. The average molecular weight is 442 g/mol. The number of ether oxygens (including phenoxy) is 1. The van der Waals surface area contributed by atoms with Gasteiger partial charge in [0.05, 0.1) is 18.3 Å². The molecule has 1 fully saturated rings. The number of esters is 1. The number of furan rings is 1. The number of benzene rings is 1. The number of hydrogen-bond acceptors (Lipinski definition) is 5. The highest BCUT2D eigenvalue weighted by Gasteiger charge is 2.42. The molecule has 0 amide bonds. The SMILES string of the molecule is CCOC(=O)CN1C(=S)N[C@@H](c2ccccn2)[C@H]1c1ccc(-c2ccc(Cl)cc2)o1. The lowest BCUT2D eigenvalue weighted by atomic mass is 10.0. The van der Waals surface area contributed by atoms with Gasteiger partial charge in [-0.3, -0.25) is 9.78 Å². The normalized spacial score (nSPS) is 18.3. The number of aromatic nitrogens is 1. The Morgan fingerprint density at radius 2 is 2.03 bits per heavy atom. The predicted molar refractivity (Wildman–Crippen MR) is 118 cm³/mol. The van der Waals surface area contributed by atoms with Gasteiger partial charge in [0.2, 0.25) is 0 Å². The van der Waals surface area contributed by atoms with Crippen molar-refractivity contribution in [1.82, 2.24) is 15.2 Å². The monoisotopic (exact) mass is 441 g/mol. The van der Waals surface area contributed by atoms with Crippen molar-refractivity contribution in [2.45, 2.75) is 19.0 Å². The fourth-order valence-electron chi connectivity index (χ4n) is 3.51. The second-order valence-electron chi connectivity index (χ2n) is 6.77. The van der Waals surface area contributed by atoms with Gasteiger partial charge in [0.1, 0.15) is 24.1 Å². The molecule has 0 bridgehead atoms. The number of carbonyl (C=O) groups excluding carboxylic acids is 1. The molecule has 154 valence electrons. The van der Waals surface area contributed by atoms with Crippen LogP contribution in [0.3, 0.4) is 0 Å². The third kappa shape index (κ3) is 4.17. The van der Waals surface area contributed by atoms with Gasteiger partial charge >= 0.3 is 5.97 Å². The Hall–Kier alpha value is -2.90. The summed E-state index contributed by atoms with van der Waals surface area (Å²) in [6.45, 7) is 2.10. The highest BCUT2D eigenvalue weighted by atomic mass is 35.5. The fourth-order valence-corrected chi connectivity index (χ4v) is 3.94. The number of nitrogens with zero attached hydrogens (tertiary/aromatic N) is 2. The molecule has 2 atom stereocenters. The van der Waals surface area contributed by atoms with E-state index >= 15 is 0 Å². The van der Waals surface area contributed by atoms with Crippen LogP contribution in [0.1, 0.15) is 30.5 Å². The minimum Gasteiger partial charge on any atom is -0.465 e. The van der Waals surface area contributed by atoms with Crippen LogP contribution in [0, 0.1) is 0 Å². The van der Waals surface area contributed by atoms with Gasteiger partial charge in [-0.2, -0.15) is 0 Å². The van der Waals surface area contributed by atoms with Gasteiger partial charge in [0.25, 0.3) is 0 Å². The molecule has 1 aromatic carbocycles. The van der Waals surface area contributed by atoms with Crippen molar-refractivity contribution in [2.24, 2.45) is 0 Å². The van der Waals surface area contributed by atoms with Gasteiger partial charge in [-0.25, -0.2) is 0 Å². The summed E-state index contributed by atoms with van der Waals surface area (Å²) in [5.41, 5.74) is 1.71. The maximum atomic E-state index is 12.2. The van der Waals surface area contributed by atoms with Crippen molar-refractivity contribution in [3.63, 3.8) is 0 Å². The van der Waals surface area contributed by atoms with E-state index in [2.05, 4.69) is 10.3 Å². The van der Waals surface area contributed by atoms with Gasteiger partial charge < -0.3 is 19.4 Å². The van der Waals surface area contributed by atoms with Crippen molar-refractivity contribution in [2.75, 3.05) is 13.2 Å². The van der Waals surface area contributed by atoms with E-state index in [0.717, 1.165) is 11.3 Å². The van der Waals surface area contributed by atoms with E-state index < -0.39 is 0 Å². The second kappa shape index (κ2) is 8.85. The highest BCUT2D eigenvalue weighted by Crippen LogP contribution is 2.40. The lowest BCUT2D eigenvalue weighted by Crippen LogP contribution is -2.35. The Morgan fingerprint density at radius 1 is 1.23 bits per heavy atom. The van der Waals surface area contributed by atoms with Crippen LogP contribution < -0.4 is 5.32 Å². The summed E-state index contributed by atoms with van der Waals surface area (Å²) in [5.74, 6) is 1.03. The molecule has 2 aromatic heterocycles. The number of hydrogen-bond donors (Lipinski definition) is 1. The highest BCUT2D eigenvalue weighted by molar-refractivity contribution is 7.80. The van der Waals surface area contributed by atoms with E-state index in [4.69, 9.17) is 33.0 Å². The third-order valence-electron chi connectivity index (χ3n) is 4.85. The maximum Gasteiger partial charge on any atom is 0.325 e. The number of thiocarbonyl (C=S) groups is 1. The summed E-state index contributed by atoms with van der Waals surface area (Å²) in [6.07, 6.45) is 1.73. The van der Waals surface area contributed by atoms with Crippen LogP contribution in [0.25, 0.3) is 11.3 Å². The molecule has 6 nitrogen and oxygen atoms in total.